The maximum absolute atomic E-state index is 10.8. The zero-order valence-electron chi connectivity index (χ0n) is 22.9. The zero-order chi connectivity index (χ0) is 25.7. The number of ketones is 2. The molecule has 0 radical (unpaired) electrons. The van der Waals surface area contributed by atoms with Crippen molar-refractivity contribution in [2.75, 3.05) is 33.7 Å². The van der Waals surface area contributed by atoms with Crippen molar-refractivity contribution in [2.24, 2.45) is 28.7 Å². The number of hydrogen-bond acceptors (Lipinski definition) is 5. The second-order valence-electron chi connectivity index (χ2n) is 10.0. The zero-order valence-corrected chi connectivity index (χ0v) is 22.9. The summed E-state index contributed by atoms with van der Waals surface area (Å²) >= 11 is 0. The van der Waals surface area contributed by atoms with Crippen molar-refractivity contribution in [1.29, 1.82) is 0 Å². The fraction of sp³-hybridized carbons (Fsp3) is 0.778. The minimum absolute atomic E-state index is 0.243. The third kappa shape index (κ3) is 12.7. The molecule has 190 valence electrons. The van der Waals surface area contributed by atoms with Crippen LogP contribution in [0.5, 0.6) is 0 Å². The lowest BCUT2D eigenvalue weighted by Gasteiger charge is -2.04. The Bertz CT molecular complexity index is 671. The van der Waals surface area contributed by atoms with Crippen molar-refractivity contribution in [3.63, 3.8) is 0 Å². The van der Waals surface area contributed by atoms with Gasteiger partial charge in [0.05, 0.1) is 6.54 Å². The Morgan fingerprint density at radius 3 is 1.61 bits per heavy atom. The Morgan fingerprint density at radius 2 is 1.48 bits per heavy atom. The minimum atomic E-state index is 0.243. The van der Waals surface area contributed by atoms with Crippen LogP contribution in [0.2, 0.25) is 0 Å². The van der Waals surface area contributed by atoms with Crippen LogP contribution in [-0.4, -0.2) is 66.7 Å². The standard InChI is InChI=1S/C7H12O.C6H9NO.C6H11NO.C6H11N.C2H6/c1-5-3-6(2)7(8)4-5;1-5-3-7(2)4-6(5)8;1-5-3-6(8)7(2)4-5;1-5-3-6(2)7-4-5;1-2/h5-6H,3-4H2,1-2H3;3H,4H2,1-2H3;5H,3-4H2,1-2H3;5H,3-4H2,1-2H3;1-2H3. The average Bonchev–Trinajstić information content (AvgIpc) is 3.42. The van der Waals surface area contributed by atoms with Gasteiger partial charge in [-0.15, -0.1) is 0 Å². The van der Waals surface area contributed by atoms with Crippen LogP contribution in [0.1, 0.15) is 81.1 Å². The van der Waals surface area contributed by atoms with Gasteiger partial charge in [0.15, 0.2) is 5.78 Å². The number of rotatable bonds is 0. The lowest BCUT2D eigenvalue weighted by molar-refractivity contribution is -0.126. The molecule has 4 atom stereocenters. The summed E-state index contributed by atoms with van der Waals surface area (Å²) in [5.41, 5.74) is 2.19. The Balaban J connectivity index is 0.000000404. The fourth-order valence-electron chi connectivity index (χ4n) is 4.20. The summed E-state index contributed by atoms with van der Waals surface area (Å²) in [6.45, 7) is 19.0. The van der Waals surface area contributed by atoms with E-state index in [1.54, 1.807) is 4.90 Å². The van der Waals surface area contributed by atoms with Gasteiger partial charge in [0, 0.05) is 63.4 Å². The Hall–Kier alpha value is -1.98. The number of amides is 1. The van der Waals surface area contributed by atoms with Crippen molar-refractivity contribution >= 4 is 23.2 Å². The van der Waals surface area contributed by atoms with Crippen molar-refractivity contribution in [1.82, 2.24) is 9.80 Å². The molecule has 33 heavy (non-hydrogen) atoms. The Kier molecular flexibility index (Phi) is 14.8. The molecule has 0 spiro atoms. The predicted molar refractivity (Wildman–Crippen MR) is 138 cm³/mol. The number of likely N-dealkylation sites (tertiary alicyclic amines) is 1. The largest absolute Gasteiger partial charge is 0.372 e. The number of nitrogens with zero attached hydrogens (tertiary/aromatic N) is 3. The van der Waals surface area contributed by atoms with E-state index in [2.05, 4.69) is 32.7 Å². The molecule has 0 aromatic heterocycles. The summed E-state index contributed by atoms with van der Waals surface area (Å²) in [4.78, 5) is 40.1. The first-order valence-corrected chi connectivity index (χ1v) is 12.6. The summed E-state index contributed by atoms with van der Waals surface area (Å²) in [5, 5.41) is 0. The quantitative estimate of drug-likeness (QED) is 0.505. The summed E-state index contributed by atoms with van der Waals surface area (Å²) in [7, 11) is 3.75. The van der Waals surface area contributed by atoms with Crippen LogP contribution >= 0.6 is 0 Å². The Morgan fingerprint density at radius 1 is 0.879 bits per heavy atom. The van der Waals surface area contributed by atoms with Gasteiger partial charge in [0.25, 0.3) is 0 Å². The van der Waals surface area contributed by atoms with Crippen molar-refractivity contribution in [3.05, 3.63) is 11.8 Å². The van der Waals surface area contributed by atoms with Crippen molar-refractivity contribution in [3.8, 4) is 0 Å². The van der Waals surface area contributed by atoms with E-state index in [1.165, 1.54) is 12.1 Å². The topological polar surface area (TPSA) is 70.0 Å². The lowest BCUT2D eigenvalue weighted by Crippen LogP contribution is -2.18. The molecular formula is C27H49N3O3. The molecule has 6 heteroatoms. The summed E-state index contributed by atoms with van der Waals surface area (Å²) in [6.07, 6.45) is 5.76. The molecule has 1 aliphatic carbocycles. The summed E-state index contributed by atoms with van der Waals surface area (Å²) < 4.78 is 0. The van der Waals surface area contributed by atoms with Gasteiger partial charge in [-0.2, -0.15) is 0 Å². The van der Waals surface area contributed by atoms with Crippen LogP contribution in [0.15, 0.2) is 16.8 Å². The molecule has 6 nitrogen and oxygen atoms in total. The minimum Gasteiger partial charge on any atom is -0.372 e. The average molecular weight is 464 g/mol. The van der Waals surface area contributed by atoms with E-state index in [-0.39, 0.29) is 11.7 Å². The smallest absolute Gasteiger partial charge is 0.222 e. The van der Waals surface area contributed by atoms with Gasteiger partial charge in [0.1, 0.15) is 5.78 Å². The first-order valence-electron chi connectivity index (χ1n) is 12.6. The molecule has 0 aromatic carbocycles. The molecule has 4 rings (SSSR count). The molecule has 3 heterocycles. The Labute approximate surface area is 202 Å². The molecule has 0 bridgehead atoms. The van der Waals surface area contributed by atoms with Gasteiger partial charge >= 0.3 is 0 Å². The highest BCUT2D eigenvalue weighted by Gasteiger charge is 2.25. The fourth-order valence-corrected chi connectivity index (χ4v) is 4.20. The summed E-state index contributed by atoms with van der Waals surface area (Å²) in [5.74, 6) is 3.39. The second kappa shape index (κ2) is 15.8. The van der Waals surface area contributed by atoms with Crippen LogP contribution in [-0.2, 0) is 14.4 Å². The van der Waals surface area contributed by atoms with E-state index >= 15 is 0 Å². The van der Waals surface area contributed by atoms with E-state index < -0.39 is 0 Å². The van der Waals surface area contributed by atoms with Crippen LogP contribution in [0, 0.1) is 23.7 Å². The van der Waals surface area contributed by atoms with E-state index in [0.29, 0.717) is 30.1 Å². The van der Waals surface area contributed by atoms with Gasteiger partial charge in [-0.1, -0.05) is 41.5 Å². The number of aliphatic imine (C=N–C) groups is 1. The molecular weight excluding hydrogens is 414 g/mol. The second-order valence-corrected chi connectivity index (χ2v) is 10.0. The van der Waals surface area contributed by atoms with E-state index in [0.717, 1.165) is 43.8 Å². The van der Waals surface area contributed by atoms with Crippen molar-refractivity contribution < 1.29 is 14.4 Å². The lowest BCUT2D eigenvalue weighted by atomic mass is 10.1. The third-order valence-corrected chi connectivity index (χ3v) is 5.95. The predicted octanol–water partition coefficient (Wildman–Crippen LogP) is 5.02. The van der Waals surface area contributed by atoms with E-state index in [9.17, 15) is 14.4 Å². The molecule has 3 aliphatic heterocycles. The maximum Gasteiger partial charge on any atom is 0.222 e. The highest BCUT2D eigenvalue weighted by Crippen LogP contribution is 2.26. The third-order valence-electron chi connectivity index (χ3n) is 5.95. The van der Waals surface area contributed by atoms with Gasteiger partial charge < -0.3 is 9.80 Å². The summed E-state index contributed by atoms with van der Waals surface area (Å²) in [6, 6.07) is 0. The van der Waals surface area contributed by atoms with Crippen LogP contribution < -0.4 is 0 Å². The molecule has 0 aromatic rings. The molecule has 4 aliphatic rings. The molecule has 2 fully saturated rings. The van der Waals surface area contributed by atoms with Crippen molar-refractivity contribution in [2.45, 2.75) is 81.1 Å². The number of hydrogen-bond donors (Lipinski definition) is 0. The van der Waals surface area contributed by atoms with Crippen LogP contribution in [0.3, 0.4) is 0 Å². The maximum atomic E-state index is 10.8. The molecule has 4 unspecified atom stereocenters. The van der Waals surface area contributed by atoms with E-state index in [1.807, 2.05) is 52.9 Å². The monoisotopic (exact) mass is 463 g/mol. The molecule has 1 saturated heterocycles. The first-order chi connectivity index (χ1) is 15.4. The SMILES string of the molecule is CC.CC1=CN(C)CC1=O.CC1=NCC(C)C1.CC1CC(=O)C(C)C1.CC1CC(=O)N(C)C1. The van der Waals surface area contributed by atoms with Gasteiger partial charge in [-0.05, 0) is 44.4 Å². The van der Waals surface area contributed by atoms with Gasteiger partial charge in [-0.25, -0.2) is 0 Å². The molecule has 1 amide bonds. The number of carbonyl (C=O) groups is 3. The highest BCUT2D eigenvalue weighted by molar-refractivity contribution is 5.98. The van der Waals surface area contributed by atoms with Gasteiger partial charge in [0.2, 0.25) is 5.91 Å². The number of Topliss-reactive ketones (excluding diaryl/α,β-unsaturated/α-hetero) is 2. The highest BCUT2D eigenvalue weighted by atomic mass is 16.2. The van der Waals surface area contributed by atoms with Crippen LogP contribution in [0.25, 0.3) is 0 Å². The number of likely N-dealkylation sites (N-methyl/N-ethyl adjacent to an activating group) is 1. The van der Waals surface area contributed by atoms with Gasteiger partial charge in [-0.3, -0.25) is 19.4 Å². The number of carbonyl (C=O) groups excluding carboxylic acids is 3. The first kappa shape index (κ1) is 31.0. The van der Waals surface area contributed by atoms with Crippen LogP contribution in [0.4, 0.5) is 0 Å². The normalized spacial score (nSPS) is 27.9. The van der Waals surface area contributed by atoms with E-state index in [4.69, 9.17) is 0 Å². The molecule has 0 N–H and O–H groups in total. The molecule has 1 saturated carbocycles.